The summed E-state index contributed by atoms with van der Waals surface area (Å²) in [6.45, 7) is 12.8. The second kappa shape index (κ2) is 37.7. The number of carbonyl (C=O) groups is 3. The molecule has 3 aromatic heterocycles. The number of nitrogens with one attached hydrogen (secondary N) is 2. The molecule has 0 saturated carbocycles. The van der Waals surface area contributed by atoms with E-state index in [9.17, 15) is 14.4 Å². The molecule has 5 radical (unpaired) electrons. The van der Waals surface area contributed by atoms with E-state index in [-0.39, 0.29) is 66.6 Å². The van der Waals surface area contributed by atoms with E-state index in [4.69, 9.17) is 77.7 Å². The quantitative estimate of drug-likeness (QED) is 0.120. The normalized spacial score (nSPS) is 11.9. The summed E-state index contributed by atoms with van der Waals surface area (Å²) in [5.74, 6) is 0.215. The molecule has 13 nitrogen and oxygen atoms in total. The van der Waals surface area contributed by atoms with Crippen LogP contribution in [0.5, 0.6) is 0 Å². The third-order valence-electron chi connectivity index (χ3n) is 12.1. The van der Waals surface area contributed by atoms with Crippen LogP contribution in [-0.4, -0.2) is 86.1 Å². The summed E-state index contributed by atoms with van der Waals surface area (Å²) < 4.78 is 0.892. The Morgan fingerprint density at radius 2 is 1.10 bits per heavy atom. The van der Waals surface area contributed by atoms with Crippen LogP contribution < -0.4 is 55.0 Å². The van der Waals surface area contributed by atoms with Crippen LogP contribution in [0.15, 0.2) is 145 Å². The SMILES string of the molecule is BrBr.CC(=O)N1CCc2cc(-c3cccnc3)c(Cl)cc21.CC(=O)N1CCc2cc(Br)c(Cl)cc21.CC(=O)N1CCc2ccc(Cl)cc21.Clc1ccc2c(c1)NCC2.Clc1ccc2cc[nH]c2c1.O.O.[B].[B]c1cccnc1.[C-]#N.[Na+]. The number of fused-ring (bicyclic) bond motifs is 5. The van der Waals surface area contributed by atoms with Crippen LogP contribution in [0, 0.1) is 11.8 Å². The van der Waals surface area contributed by atoms with Gasteiger partial charge < -0.3 is 47.8 Å². The van der Waals surface area contributed by atoms with Crippen molar-refractivity contribution >= 4 is 175 Å². The Balaban J connectivity index is 0.000000485. The molecule has 0 aliphatic carbocycles. The first-order valence-electron chi connectivity index (χ1n) is 23.7. The summed E-state index contributed by atoms with van der Waals surface area (Å²) in [6, 6.07) is 34.8. The predicted molar refractivity (Wildman–Crippen MR) is 343 cm³/mol. The maximum absolute atomic E-state index is 11.5. The minimum atomic E-state index is 0. The first-order chi connectivity index (χ1) is 37.1. The van der Waals surface area contributed by atoms with Gasteiger partial charge in [0.2, 0.25) is 17.7 Å². The van der Waals surface area contributed by atoms with Crippen LogP contribution in [0.2, 0.25) is 25.1 Å². The van der Waals surface area contributed by atoms with Crippen LogP contribution in [0.25, 0.3) is 22.0 Å². The summed E-state index contributed by atoms with van der Waals surface area (Å²) in [6.07, 6.45) is 12.6. The van der Waals surface area contributed by atoms with E-state index < -0.39 is 0 Å². The van der Waals surface area contributed by atoms with Crippen molar-refractivity contribution in [1.82, 2.24) is 15.0 Å². The van der Waals surface area contributed by atoms with E-state index >= 15 is 0 Å². The zero-order valence-corrected chi connectivity index (χ0v) is 55.1. The first-order valence-corrected chi connectivity index (χ1v) is 30.1. The number of carbonyl (C=O) groups excluding carboxylic acids is 3. The van der Waals surface area contributed by atoms with Crippen LogP contribution in [0.3, 0.4) is 0 Å². The average Bonchev–Trinajstić information content (AvgIpc) is 4.32. The van der Waals surface area contributed by atoms with Crippen molar-refractivity contribution in [1.29, 1.82) is 5.26 Å². The molecule has 0 unspecified atom stereocenters. The molecular formula is C57H54B2Br3Cl5N8NaO5. The second-order valence-electron chi connectivity index (χ2n) is 17.1. The molecule has 0 bridgehead atoms. The van der Waals surface area contributed by atoms with Gasteiger partial charge in [-0.2, -0.15) is 0 Å². The Bertz CT molecular complexity index is 3330. The van der Waals surface area contributed by atoms with Gasteiger partial charge in [0.15, 0.2) is 0 Å². The number of anilines is 4. The zero-order chi connectivity index (χ0) is 56.2. The van der Waals surface area contributed by atoms with Gasteiger partial charge in [0, 0.05) is 174 Å². The van der Waals surface area contributed by atoms with Gasteiger partial charge in [0.25, 0.3) is 0 Å². The molecule has 81 heavy (non-hydrogen) atoms. The molecule has 0 saturated heterocycles. The summed E-state index contributed by atoms with van der Waals surface area (Å²) in [5.41, 5.74) is 12.8. The number of rotatable bonds is 1. The van der Waals surface area contributed by atoms with Gasteiger partial charge >= 0.3 is 29.6 Å². The van der Waals surface area contributed by atoms with Crippen molar-refractivity contribution < 1.29 is 54.9 Å². The molecule has 12 rings (SSSR count). The molecule has 6 N–H and O–H groups in total. The molecular weight excluding hydrogens is 1340 g/mol. The topological polar surface area (TPSA) is 201 Å². The van der Waals surface area contributed by atoms with Crippen molar-refractivity contribution in [3.8, 4) is 11.1 Å². The number of pyridine rings is 2. The van der Waals surface area contributed by atoms with Gasteiger partial charge in [-0.1, -0.05) is 93.8 Å². The van der Waals surface area contributed by atoms with Gasteiger partial charge in [0.1, 0.15) is 7.85 Å². The maximum atomic E-state index is 11.5. The van der Waals surface area contributed by atoms with Crippen molar-refractivity contribution in [2.75, 3.05) is 46.2 Å². The predicted octanol–water partition coefficient (Wildman–Crippen LogP) is 10.3. The van der Waals surface area contributed by atoms with Crippen molar-refractivity contribution in [2.24, 2.45) is 0 Å². The van der Waals surface area contributed by atoms with Crippen LogP contribution >= 0.6 is 102 Å². The van der Waals surface area contributed by atoms with Crippen LogP contribution in [0.4, 0.5) is 22.7 Å². The average molecular weight is 1390 g/mol. The number of hydrogen-bond donors (Lipinski definition) is 2. The third kappa shape index (κ3) is 21.6. The molecule has 0 atom stereocenters. The largest absolute Gasteiger partial charge is 1.00 e. The van der Waals surface area contributed by atoms with E-state index in [1.807, 2.05) is 91.1 Å². The van der Waals surface area contributed by atoms with E-state index in [0.717, 1.165) is 100 Å². The fourth-order valence-electron chi connectivity index (χ4n) is 8.53. The fraction of sp³-hybridized carbons (Fsp3) is 0.193. The Kier molecular flexibility index (Phi) is 34.7. The second-order valence-corrected chi connectivity index (χ2v) is 20.1. The molecule has 4 aliphatic rings. The molecule has 415 valence electrons. The third-order valence-corrected chi connectivity index (χ3v) is 14.3. The van der Waals surface area contributed by atoms with Gasteiger partial charge in [-0.3, -0.25) is 24.4 Å². The van der Waals surface area contributed by atoms with Gasteiger partial charge in [-0.15, -0.1) is 0 Å². The summed E-state index contributed by atoms with van der Waals surface area (Å²) in [4.78, 5) is 50.3. The standard InChI is InChI=1S/C15H13ClN2O.C10H9BrClNO.C10H10ClNO.C8H8ClN.C8H6ClN.C5H4BN.CN.B.Br2.Na.2H2O/c1-10(19)18-6-4-11-7-13(14(16)8-15(11)18)12-3-2-5-17-9-12;1-6(14)13-3-2-7-4-8(11)9(12)5-10(7)13;1-7(13)12-5-4-8-2-3-9(11)6-10(8)12;2*9-7-2-1-6-3-4-10-8(6)5-7;6-5-2-1-3-7-4-5;1-2;;1-2;;;/h2-3,5,7-9H,4,6H2,1H3;4-5H,2-3H2,1H3;2-3,6H,4-5H2,1H3;1-2,5,10H,3-4H2;1-5,10H;1-4H;;;;;2*1H2/q;;;;;;-1;;;+1;;. The monoisotopic (exact) mass is 1390 g/mol. The fourth-order valence-corrected chi connectivity index (χ4v) is 9.86. The molecule has 0 fully saturated rings. The van der Waals surface area contributed by atoms with Crippen molar-refractivity contribution in [3.05, 3.63) is 199 Å². The number of aromatic nitrogens is 3. The summed E-state index contributed by atoms with van der Waals surface area (Å²) in [5, 5.41) is 14.3. The summed E-state index contributed by atoms with van der Waals surface area (Å²) in [7, 11) is 5.30. The number of hydrogen-bond acceptors (Lipinski definition) is 7. The van der Waals surface area contributed by atoms with E-state index in [1.165, 1.54) is 33.3 Å². The Hall–Kier alpha value is -4.42. The Morgan fingerprint density at radius 3 is 1.63 bits per heavy atom. The maximum Gasteiger partial charge on any atom is 1.00 e. The van der Waals surface area contributed by atoms with Gasteiger partial charge in [-0.25, -0.2) is 0 Å². The molecule has 0 spiro atoms. The molecule has 7 heterocycles. The molecule has 3 amide bonds. The minimum absolute atomic E-state index is 0. The van der Waals surface area contributed by atoms with Crippen molar-refractivity contribution in [3.63, 3.8) is 0 Å². The first kappa shape index (κ1) is 74.6. The van der Waals surface area contributed by atoms with Crippen molar-refractivity contribution in [2.45, 2.75) is 46.5 Å². The number of benzene rings is 5. The van der Waals surface area contributed by atoms with Crippen LogP contribution in [0.1, 0.15) is 43.0 Å². The van der Waals surface area contributed by atoms with E-state index in [1.54, 1.807) is 72.4 Å². The minimum Gasteiger partial charge on any atom is -0.512 e. The van der Waals surface area contributed by atoms with Crippen LogP contribution in [-0.2, 0) is 40.1 Å². The number of halogens is 8. The van der Waals surface area contributed by atoms with Gasteiger partial charge in [0.05, 0.1) is 10.0 Å². The van der Waals surface area contributed by atoms with Gasteiger partial charge in [-0.05, 0) is 148 Å². The van der Waals surface area contributed by atoms with E-state index in [0.29, 0.717) is 20.5 Å². The van der Waals surface area contributed by atoms with E-state index in [2.05, 4.69) is 76.6 Å². The Morgan fingerprint density at radius 1 is 0.605 bits per heavy atom. The molecule has 5 aromatic carbocycles. The number of amides is 3. The molecule has 24 heteroatoms. The molecule has 8 aromatic rings. The number of aromatic amines is 1. The number of H-pyrrole nitrogens is 1. The number of nitrogens with zero attached hydrogens (tertiary/aromatic N) is 6. The summed E-state index contributed by atoms with van der Waals surface area (Å²) >= 11 is 38.6. The molecule has 4 aliphatic heterocycles. The zero-order valence-electron chi connectivity index (χ0n) is 44.5. The smallest absolute Gasteiger partial charge is 0.512 e. The Labute approximate surface area is 547 Å².